The predicted octanol–water partition coefficient (Wildman–Crippen LogP) is 5.20. The van der Waals surface area contributed by atoms with Crippen molar-refractivity contribution in [1.82, 2.24) is 5.32 Å². The summed E-state index contributed by atoms with van der Waals surface area (Å²) in [6.07, 6.45) is 4.90. The Morgan fingerprint density at radius 1 is 1.29 bits per heavy atom. The molecule has 2 aromatic rings. The molecule has 0 saturated heterocycles. The summed E-state index contributed by atoms with van der Waals surface area (Å²) in [5.41, 5.74) is 3.07. The van der Waals surface area contributed by atoms with Crippen molar-refractivity contribution in [2.24, 2.45) is 0 Å². The van der Waals surface area contributed by atoms with E-state index in [0.29, 0.717) is 5.92 Å². The van der Waals surface area contributed by atoms with Crippen LogP contribution in [0.1, 0.15) is 55.0 Å². The van der Waals surface area contributed by atoms with Crippen molar-refractivity contribution in [2.75, 3.05) is 6.54 Å². The quantitative estimate of drug-likeness (QED) is 0.803. The lowest BCUT2D eigenvalue weighted by Gasteiger charge is -2.28. The lowest BCUT2D eigenvalue weighted by atomic mass is 9.79. The smallest absolute Gasteiger partial charge is 0.169 e. The second kappa shape index (κ2) is 6.80. The number of furan rings is 1. The second-order valence-corrected chi connectivity index (χ2v) is 6.56. The molecular formula is C18H22BrNO. The van der Waals surface area contributed by atoms with E-state index in [4.69, 9.17) is 4.42 Å². The van der Waals surface area contributed by atoms with Crippen molar-refractivity contribution in [3.63, 3.8) is 0 Å². The predicted molar refractivity (Wildman–Crippen MR) is 89.6 cm³/mol. The van der Waals surface area contributed by atoms with Crippen molar-refractivity contribution in [3.05, 3.63) is 58.0 Å². The Morgan fingerprint density at radius 3 is 2.90 bits per heavy atom. The Morgan fingerprint density at radius 2 is 2.14 bits per heavy atom. The maximum Gasteiger partial charge on any atom is 0.169 e. The van der Waals surface area contributed by atoms with Crippen LogP contribution >= 0.6 is 15.9 Å². The van der Waals surface area contributed by atoms with Crippen molar-refractivity contribution < 1.29 is 4.42 Å². The third-order valence-corrected chi connectivity index (χ3v) is 4.83. The molecule has 0 aliphatic heterocycles. The first-order valence-electron chi connectivity index (χ1n) is 7.84. The van der Waals surface area contributed by atoms with Crippen LogP contribution in [0.2, 0.25) is 0 Å². The fourth-order valence-electron chi connectivity index (χ4n) is 3.45. The number of hydrogen-bond acceptors (Lipinski definition) is 2. The zero-order valence-electron chi connectivity index (χ0n) is 12.4. The van der Waals surface area contributed by atoms with Gasteiger partial charge in [-0.3, -0.25) is 0 Å². The van der Waals surface area contributed by atoms with Crippen LogP contribution in [0.15, 0.2) is 45.5 Å². The van der Waals surface area contributed by atoms with Gasteiger partial charge in [-0.25, -0.2) is 0 Å². The van der Waals surface area contributed by atoms with E-state index in [2.05, 4.69) is 58.5 Å². The first-order valence-corrected chi connectivity index (χ1v) is 8.63. The lowest BCUT2D eigenvalue weighted by Crippen LogP contribution is -2.24. The first-order chi connectivity index (χ1) is 10.3. The number of benzene rings is 1. The van der Waals surface area contributed by atoms with E-state index in [1.807, 2.05) is 6.07 Å². The zero-order chi connectivity index (χ0) is 14.7. The number of halogens is 1. The van der Waals surface area contributed by atoms with Gasteiger partial charge >= 0.3 is 0 Å². The minimum Gasteiger partial charge on any atom is -0.453 e. The van der Waals surface area contributed by atoms with Gasteiger partial charge in [-0.15, -0.1) is 0 Å². The monoisotopic (exact) mass is 347 g/mol. The molecule has 1 aromatic carbocycles. The van der Waals surface area contributed by atoms with E-state index in [-0.39, 0.29) is 6.04 Å². The SMILES string of the molecule is CCNC(CC1CCCc2ccccc21)c1ccc(Br)o1. The van der Waals surface area contributed by atoms with Crippen molar-refractivity contribution >= 4 is 15.9 Å². The molecule has 0 radical (unpaired) electrons. The van der Waals surface area contributed by atoms with Crippen LogP contribution in [0.4, 0.5) is 0 Å². The molecule has 1 aliphatic rings. The maximum atomic E-state index is 5.78. The van der Waals surface area contributed by atoms with Crippen LogP contribution in [0, 0.1) is 0 Å². The molecule has 112 valence electrons. The second-order valence-electron chi connectivity index (χ2n) is 5.78. The Hall–Kier alpha value is -1.06. The molecule has 1 aromatic heterocycles. The number of fused-ring (bicyclic) bond motifs is 1. The van der Waals surface area contributed by atoms with Gasteiger partial charge in [-0.05, 0) is 77.3 Å². The molecule has 3 heteroatoms. The summed E-state index contributed by atoms with van der Waals surface area (Å²) in [7, 11) is 0. The van der Waals surface area contributed by atoms with Crippen LogP contribution < -0.4 is 5.32 Å². The van der Waals surface area contributed by atoms with Gasteiger partial charge < -0.3 is 9.73 Å². The Kier molecular flexibility index (Phi) is 4.81. The van der Waals surface area contributed by atoms with Crippen LogP contribution in [-0.2, 0) is 6.42 Å². The zero-order valence-corrected chi connectivity index (χ0v) is 14.0. The van der Waals surface area contributed by atoms with E-state index in [9.17, 15) is 0 Å². The molecule has 1 aliphatic carbocycles. The molecule has 0 bridgehead atoms. The summed E-state index contributed by atoms with van der Waals surface area (Å²) in [5, 5.41) is 3.58. The van der Waals surface area contributed by atoms with Crippen LogP contribution in [0.3, 0.4) is 0 Å². The van der Waals surface area contributed by atoms with E-state index in [1.54, 1.807) is 0 Å². The lowest BCUT2D eigenvalue weighted by molar-refractivity contribution is 0.358. The molecule has 1 heterocycles. The van der Waals surface area contributed by atoms with Crippen molar-refractivity contribution in [2.45, 2.75) is 44.6 Å². The molecule has 3 rings (SSSR count). The van der Waals surface area contributed by atoms with Gasteiger partial charge in [0.05, 0.1) is 6.04 Å². The van der Waals surface area contributed by atoms with E-state index >= 15 is 0 Å². The molecule has 2 unspecified atom stereocenters. The van der Waals surface area contributed by atoms with Crippen LogP contribution in [0.5, 0.6) is 0 Å². The third-order valence-electron chi connectivity index (χ3n) is 4.40. The maximum absolute atomic E-state index is 5.78. The number of hydrogen-bond donors (Lipinski definition) is 1. The summed E-state index contributed by atoms with van der Waals surface area (Å²) >= 11 is 3.41. The fourth-order valence-corrected chi connectivity index (χ4v) is 3.77. The molecule has 0 spiro atoms. The highest BCUT2D eigenvalue weighted by atomic mass is 79.9. The van der Waals surface area contributed by atoms with Gasteiger partial charge in [-0.2, -0.15) is 0 Å². The van der Waals surface area contributed by atoms with Crippen molar-refractivity contribution in [3.8, 4) is 0 Å². The van der Waals surface area contributed by atoms with Crippen LogP contribution in [0.25, 0.3) is 0 Å². The van der Waals surface area contributed by atoms with Gasteiger partial charge in [0, 0.05) is 0 Å². The molecular weight excluding hydrogens is 326 g/mol. The van der Waals surface area contributed by atoms with E-state index < -0.39 is 0 Å². The average molecular weight is 348 g/mol. The Bertz CT molecular complexity index is 592. The number of nitrogens with one attached hydrogen (secondary N) is 1. The minimum atomic E-state index is 0.289. The molecule has 21 heavy (non-hydrogen) atoms. The van der Waals surface area contributed by atoms with E-state index in [1.165, 1.54) is 30.4 Å². The first kappa shape index (κ1) is 14.9. The largest absolute Gasteiger partial charge is 0.453 e. The summed E-state index contributed by atoms with van der Waals surface area (Å²) in [5.74, 6) is 1.66. The van der Waals surface area contributed by atoms with E-state index in [0.717, 1.165) is 23.4 Å². The van der Waals surface area contributed by atoms with Gasteiger partial charge in [0.1, 0.15) is 5.76 Å². The topological polar surface area (TPSA) is 25.2 Å². The highest BCUT2D eigenvalue weighted by Gasteiger charge is 2.25. The molecule has 0 fully saturated rings. The Balaban J connectivity index is 1.80. The Labute approximate surface area is 135 Å². The van der Waals surface area contributed by atoms with Gasteiger partial charge in [0.15, 0.2) is 4.67 Å². The minimum absolute atomic E-state index is 0.289. The normalized spacial score (nSPS) is 19.2. The third kappa shape index (κ3) is 3.41. The molecule has 2 atom stereocenters. The number of aryl methyl sites for hydroxylation is 1. The van der Waals surface area contributed by atoms with Gasteiger partial charge in [0.2, 0.25) is 0 Å². The van der Waals surface area contributed by atoms with Gasteiger partial charge in [0.25, 0.3) is 0 Å². The van der Waals surface area contributed by atoms with Gasteiger partial charge in [-0.1, -0.05) is 31.2 Å². The standard InChI is InChI=1S/C18H22BrNO/c1-2-20-16(17-10-11-18(19)21-17)12-14-8-5-7-13-6-3-4-9-15(13)14/h3-4,6,9-11,14,16,20H,2,5,7-8,12H2,1H3. The molecule has 2 nitrogen and oxygen atoms in total. The molecule has 1 N–H and O–H groups in total. The summed E-state index contributed by atoms with van der Waals surface area (Å²) in [6.45, 7) is 3.11. The summed E-state index contributed by atoms with van der Waals surface area (Å²) in [4.78, 5) is 0. The summed E-state index contributed by atoms with van der Waals surface area (Å²) < 4.78 is 6.59. The highest BCUT2D eigenvalue weighted by molar-refractivity contribution is 9.10. The summed E-state index contributed by atoms with van der Waals surface area (Å²) in [6, 6.07) is 13.3. The fraction of sp³-hybridized carbons (Fsp3) is 0.444. The van der Waals surface area contributed by atoms with Crippen LogP contribution in [-0.4, -0.2) is 6.54 Å². The number of rotatable bonds is 5. The molecule has 0 saturated carbocycles. The highest BCUT2D eigenvalue weighted by Crippen LogP contribution is 2.38. The van der Waals surface area contributed by atoms with Crippen molar-refractivity contribution in [1.29, 1.82) is 0 Å². The molecule has 0 amide bonds. The average Bonchev–Trinajstić information content (AvgIpc) is 2.94.